The Morgan fingerprint density at radius 2 is 1.92 bits per heavy atom. The van der Waals surface area contributed by atoms with Crippen LogP contribution in [0, 0.1) is 24.1 Å². The Kier molecular flexibility index (Phi) is 5.99. The average Bonchev–Trinajstić information content (AvgIpc) is 3.25. The maximum Gasteiger partial charge on any atom is 0.241 e. The number of rotatable bonds is 4. The highest BCUT2D eigenvalue weighted by atomic mass is 32.2. The minimum Gasteiger partial charge on any atom is -0.508 e. The van der Waals surface area contributed by atoms with Gasteiger partial charge in [0.25, 0.3) is 0 Å². The molecule has 4 atom stereocenters. The maximum absolute atomic E-state index is 13.8. The largest absolute Gasteiger partial charge is 0.508 e. The predicted molar refractivity (Wildman–Crippen MR) is 136 cm³/mol. The van der Waals surface area contributed by atoms with E-state index in [0.29, 0.717) is 37.8 Å². The molecule has 3 aliphatic rings. The van der Waals surface area contributed by atoms with Crippen LogP contribution in [0.15, 0.2) is 41.3 Å². The van der Waals surface area contributed by atoms with E-state index in [4.69, 9.17) is 0 Å². The van der Waals surface area contributed by atoms with Gasteiger partial charge in [-0.25, -0.2) is 17.5 Å². The van der Waals surface area contributed by atoms with Crippen molar-refractivity contribution in [1.29, 1.82) is 0 Å². The zero-order valence-corrected chi connectivity index (χ0v) is 22.2. The summed E-state index contributed by atoms with van der Waals surface area (Å²) in [5.74, 6) is -0.508. The van der Waals surface area contributed by atoms with Gasteiger partial charge in [-0.05, 0) is 79.3 Å². The lowest BCUT2D eigenvalue weighted by atomic mass is 9.51. The van der Waals surface area contributed by atoms with Crippen LogP contribution in [0.1, 0.15) is 63.1 Å². The number of likely N-dealkylation sites (tertiary alicyclic amines) is 1. The number of hydrogen-bond donors (Lipinski definition) is 2. The van der Waals surface area contributed by atoms with Crippen molar-refractivity contribution in [2.24, 2.45) is 11.3 Å². The van der Waals surface area contributed by atoms with Gasteiger partial charge >= 0.3 is 0 Å². The number of fused-ring (bicyclic) bond motifs is 4. The zero-order valence-electron chi connectivity index (χ0n) is 21.3. The van der Waals surface area contributed by atoms with Crippen molar-refractivity contribution >= 4 is 15.9 Å². The Morgan fingerprint density at radius 1 is 1.17 bits per heavy atom. The van der Waals surface area contributed by atoms with E-state index in [1.54, 1.807) is 13.0 Å². The zero-order chi connectivity index (χ0) is 26.0. The molecule has 0 radical (unpaired) electrons. The Hall–Kier alpha value is -2.45. The van der Waals surface area contributed by atoms with E-state index in [9.17, 15) is 22.7 Å². The third-order valence-corrected chi connectivity index (χ3v) is 11.1. The van der Waals surface area contributed by atoms with Gasteiger partial charge in [-0.1, -0.05) is 39.0 Å². The predicted octanol–water partition coefficient (Wildman–Crippen LogP) is 4.43. The first kappa shape index (κ1) is 25.2. The summed E-state index contributed by atoms with van der Waals surface area (Å²) in [5, 5.41) is 10.6. The fourth-order valence-electron chi connectivity index (χ4n) is 6.88. The molecule has 0 spiro atoms. The van der Waals surface area contributed by atoms with Gasteiger partial charge in [-0.15, -0.1) is 0 Å². The molecule has 8 heteroatoms. The van der Waals surface area contributed by atoms with Gasteiger partial charge in [0.2, 0.25) is 15.9 Å². The molecule has 5 rings (SSSR count). The lowest BCUT2D eigenvalue weighted by Crippen LogP contribution is -2.65. The number of aromatic hydroxyl groups is 1. The van der Waals surface area contributed by atoms with Crippen LogP contribution in [-0.4, -0.2) is 43.0 Å². The standard InChI is InChI=1S/C28H35FN2O4S/c1-17-8-10-19(29)15-24(17)36(34,35)30-20-11-9-18(14-20)26(33)31-13-12-28(4)22-6-5-7-23(32)21(22)16-25(31)27(28,2)3/h5-8,10,15,18,20,25,30,32H,9,11-14,16H2,1-4H3/t18?,20?,25-,28+/m1/s1. The molecule has 2 unspecified atom stereocenters. The highest BCUT2D eigenvalue weighted by Crippen LogP contribution is 2.57. The highest BCUT2D eigenvalue weighted by molar-refractivity contribution is 7.89. The van der Waals surface area contributed by atoms with Crippen molar-refractivity contribution in [3.05, 3.63) is 58.9 Å². The van der Waals surface area contributed by atoms with E-state index in [1.807, 2.05) is 11.0 Å². The topological polar surface area (TPSA) is 86.7 Å². The Bertz CT molecular complexity index is 1320. The Morgan fingerprint density at radius 3 is 2.67 bits per heavy atom. The molecular weight excluding hydrogens is 479 g/mol. The number of sulfonamides is 1. The summed E-state index contributed by atoms with van der Waals surface area (Å²) in [5.41, 5.74) is 2.25. The van der Waals surface area contributed by atoms with Gasteiger partial charge in [0, 0.05) is 30.0 Å². The van der Waals surface area contributed by atoms with Gasteiger partial charge in [0.15, 0.2) is 0 Å². The number of nitrogens with zero attached hydrogens (tertiary/aromatic N) is 1. The molecule has 1 amide bonds. The number of carbonyl (C=O) groups excluding carboxylic acids is 1. The van der Waals surface area contributed by atoms with E-state index >= 15 is 0 Å². The Labute approximate surface area is 213 Å². The molecule has 2 fully saturated rings. The molecule has 6 nitrogen and oxygen atoms in total. The SMILES string of the molecule is Cc1ccc(F)cc1S(=O)(=O)NC1CCC(C(=O)N2CC[C@@]3(C)c4cccc(O)c4C[C@@H]2C3(C)C)C1. The molecule has 2 bridgehead atoms. The fraction of sp³-hybridized carbons (Fsp3) is 0.536. The molecule has 2 aliphatic carbocycles. The summed E-state index contributed by atoms with van der Waals surface area (Å²) in [4.78, 5) is 15.7. The van der Waals surface area contributed by atoms with E-state index < -0.39 is 15.8 Å². The molecule has 36 heavy (non-hydrogen) atoms. The minimum atomic E-state index is -3.89. The Balaban J connectivity index is 1.34. The van der Waals surface area contributed by atoms with Crippen molar-refractivity contribution in [3.63, 3.8) is 0 Å². The number of hydrogen-bond acceptors (Lipinski definition) is 4. The smallest absolute Gasteiger partial charge is 0.241 e. The summed E-state index contributed by atoms with van der Waals surface area (Å²) in [6, 6.07) is 9.05. The molecular formula is C28H35FN2O4S. The molecule has 194 valence electrons. The number of nitrogens with one attached hydrogen (secondary N) is 1. The third-order valence-electron chi connectivity index (χ3n) is 9.45. The molecule has 1 saturated carbocycles. The quantitative estimate of drug-likeness (QED) is 0.632. The summed E-state index contributed by atoms with van der Waals surface area (Å²) in [6.45, 7) is 8.97. The summed E-state index contributed by atoms with van der Waals surface area (Å²) in [7, 11) is -3.89. The molecule has 2 aromatic rings. The molecule has 2 N–H and O–H groups in total. The number of amides is 1. The first-order valence-electron chi connectivity index (χ1n) is 12.8. The van der Waals surface area contributed by atoms with Crippen LogP contribution in [0.3, 0.4) is 0 Å². The second kappa shape index (κ2) is 8.55. The molecule has 1 heterocycles. The second-order valence-corrected chi connectivity index (χ2v) is 13.3. The number of phenols is 1. The van der Waals surface area contributed by atoms with Crippen LogP contribution < -0.4 is 4.72 Å². The number of aryl methyl sites for hydroxylation is 1. The van der Waals surface area contributed by atoms with E-state index in [-0.39, 0.29) is 45.4 Å². The molecule has 2 aromatic carbocycles. The number of benzene rings is 2. The van der Waals surface area contributed by atoms with Crippen LogP contribution in [0.2, 0.25) is 0 Å². The highest BCUT2D eigenvalue weighted by Gasteiger charge is 2.57. The van der Waals surface area contributed by atoms with Crippen LogP contribution in [0.5, 0.6) is 5.75 Å². The van der Waals surface area contributed by atoms with Crippen molar-refractivity contribution in [1.82, 2.24) is 9.62 Å². The monoisotopic (exact) mass is 514 g/mol. The summed E-state index contributed by atoms with van der Waals surface area (Å²) < 4.78 is 42.3. The maximum atomic E-state index is 13.8. The van der Waals surface area contributed by atoms with Crippen LogP contribution >= 0.6 is 0 Å². The first-order valence-corrected chi connectivity index (χ1v) is 14.2. The van der Waals surface area contributed by atoms with E-state index in [0.717, 1.165) is 18.1 Å². The lowest BCUT2D eigenvalue weighted by Gasteiger charge is -2.61. The minimum absolute atomic E-state index is 0.0461. The van der Waals surface area contributed by atoms with Gasteiger partial charge in [-0.2, -0.15) is 0 Å². The van der Waals surface area contributed by atoms with E-state index in [1.165, 1.54) is 17.7 Å². The van der Waals surface area contributed by atoms with Crippen molar-refractivity contribution in [3.8, 4) is 5.75 Å². The molecule has 1 aliphatic heterocycles. The van der Waals surface area contributed by atoms with Crippen molar-refractivity contribution in [2.45, 2.75) is 82.2 Å². The fourth-order valence-corrected chi connectivity index (χ4v) is 8.42. The van der Waals surface area contributed by atoms with Crippen LogP contribution in [0.25, 0.3) is 0 Å². The van der Waals surface area contributed by atoms with Gasteiger partial charge in [0.1, 0.15) is 11.6 Å². The summed E-state index contributed by atoms with van der Waals surface area (Å²) >= 11 is 0. The number of halogens is 1. The second-order valence-electron chi connectivity index (χ2n) is 11.6. The number of carbonyl (C=O) groups is 1. The lowest BCUT2D eigenvalue weighted by molar-refractivity contribution is -0.148. The van der Waals surface area contributed by atoms with Crippen molar-refractivity contribution < 1.29 is 22.7 Å². The molecule has 0 aromatic heterocycles. The van der Waals surface area contributed by atoms with Gasteiger partial charge in [-0.3, -0.25) is 4.79 Å². The molecule has 1 saturated heterocycles. The first-order chi connectivity index (χ1) is 16.8. The third kappa shape index (κ3) is 3.84. The normalized spacial score (nSPS) is 29.1. The van der Waals surface area contributed by atoms with Crippen molar-refractivity contribution in [2.75, 3.05) is 6.54 Å². The van der Waals surface area contributed by atoms with Gasteiger partial charge in [0.05, 0.1) is 4.90 Å². The van der Waals surface area contributed by atoms with Crippen LogP contribution in [-0.2, 0) is 26.7 Å². The van der Waals surface area contributed by atoms with Gasteiger partial charge < -0.3 is 10.0 Å². The number of phenolic OH excluding ortho intramolecular Hbond substituents is 1. The summed E-state index contributed by atoms with van der Waals surface area (Å²) in [6.07, 6.45) is 3.01. The van der Waals surface area contributed by atoms with E-state index in [2.05, 4.69) is 31.6 Å². The average molecular weight is 515 g/mol. The number of piperidine rings is 1. The van der Waals surface area contributed by atoms with Crippen LogP contribution in [0.4, 0.5) is 4.39 Å².